The molecule has 2 unspecified atom stereocenters. The first-order valence-electron chi connectivity index (χ1n) is 32.6. The number of aliphatic hydroxyl groups excluding tert-OH is 2. The summed E-state index contributed by atoms with van der Waals surface area (Å²) in [7, 11) is 1.57. The van der Waals surface area contributed by atoms with Crippen molar-refractivity contribution in [2.24, 2.45) is 23.7 Å². The summed E-state index contributed by atoms with van der Waals surface area (Å²) in [5.41, 5.74) is 2.72. The SMILES string of the molecule is C=C1C[C@@H]2CC[C@@]3(O)CC[C@@H]4C[C@@H]5C4O[C@H]4CC[C@H](CC(=O)C[C@@H]6[C@@H](OC)[C@@H](C[C@H](O)CNC(=O)CNC(=O)[C@H](Cc7ccccc7)NC(=O)CNC(=O)CNC(O)CCCCCN7C(=O)C=CC7=O)O[C@H]6C[C@H]6O[C@@H](CC[C@@H]1O2)C[C@@H](C)C6=C)O[C@@H]4[C@@H]5O3. The molecule has 1 aromatic carbocycles. The van der Waals surface area contributed by atoms with Crippen molar-refractivity contribution in [2.75, 3.05) is 39.8 Å². The maximum absolute atomic E-state index is 14.5. The van der Waals surface area contributed by atoms with Crippen LogP contribution >= 0.6 is 0 Å². The summed E-state index contributed by atoms with van der Waals surface area (Å²) in [6, 6.07) is 7.80. The average Bonchev–Trinajstić information content (AvgIpc) is 1.55. The Balaban J connectivity index is 0.723. The van der Waals surface area contributed by atoms with Crippen molar-refractivity contribution in [3.8, 4) is 0 Å². The molecule has 490 valence electrons. The van der Waals surface area contributed by atoms with Gasteiger partial charge in [0.15, 0.2) is 5.79 Å². The minimum Gasteiger partial charge on any atom is -0.391 e. The number of rotatable bonds is 22. The van der Waals surface area contributed by atoms with Crippen LogP contribution in [0.3, 0.4) is 0 Å². The number of aliphatic hydroxyl groups is 3. The summed E-state index contributed by atoms with van der Waals surface area (Å²) in [5, 5.41) is 47.2. The van der Waals surface area contributed by atoms with E-state index < -0.39 is 97.3 Å². The smallest absolute Gasteiger partial charge is 0.253 e. The highest BCUT2D eigenvalue weighted by molar-refractivity contribution is 6.12. The molecule has 8 saturated heterocycles. The minimum absolute atomic E-state index is 0.0163. The Kier molecular flexibility index (Phi) is 22.8. The zero-order valence-corrected chi connectivity index (χ0v) is 51.6. The standard InChI is InChI=1S/C66H94N6O17/c1-37-25-44-14-16-50-38(2)26-46(84-50)21-23-66(82)22-20-41-28-48-61(41)88-51-17-15-45(86-64(51)63(48)89-66)29-42(73)30-47-53(32-52(85-44)39(37)3)87-54(62(47)83-4)31-43(74)33-67-57(77)35-70-65(81)49(27-40-11-7-5-8-12-40)71-58(78)36-69-56(76)34-68-55(75)13-9-6-10-24-72-59(79)18-19-60(72)80/h5,7-8,11-12,18-19,37,41,43-55,61-64,68,74-75,82H,2-3,6,9-10,13-17,20-36H2,1,4H3,(H,67,77)(H,69,76)(H,70,81)(H,71,78)/t37-,41-,43+,44+,45-,46+,47+,48-,49+,50+,51+,52-,53+,54-,55?,61?,62-,63-,64+,66-/m1/s1. The van der Waals surface area contributed by atoms with Gasteiger partial charge in [-0.15, -0.1) is 0 Å². The number of hydrogen-bond donors (Lipinski definition) is 8. The fraction of sp³-hybridized carbons (Fsp3) is 0.712. The van der Waals surface area contributed by atoms with Gasteiger partial charge in [-0.1, -0.05) is 56.8 Å². The minimum atomic E-state index is -1.34. The van der Waals surface area contributed by atoms with Crippen LogP contribution in [0.15, 0.2) is 66.8 Å². The number of fused-ring (bicyclic) bond motifs is 7. The summed E-state index contributed by atoms with van der Waals surface area (Å²) in [4.78, 5) is 91.9. The maximum atomic E-state index is 14.5. The van der Waals surface area contributed by atoms with E-state index in [0.29, 0.717) is 70.1 Å². The van der Waals surface area contributed by atoms with Gasteiger partial charge >= 0.3 is 0 Å². The average molecular weight is 1240 g/mol. The molecule has 6 amide bonds. The van der Waals surface area contributed by atoms with Crippen molar-refractivity contribution < 1.29 is 82.0 Å². The molecule has 10 aliphatic rings. The van der Waals surface area contributed by atoms with Crippen LogP contribution in [0, 0.1) is 23.7 Å². The lowest BCUT2D eigenvalue weighted by Gasteiger charge is -2.60. The third-order valence-corrected chi connectivity index (χ3v) is 20.1. The summed E-state index contributed by atoms with van der Waals surface area (Å²) in [6.45, 7) is 9.91. The molecular formula is C66H94N6O17. The van der Waals surface area contributed by atoms with Gasteiger partial charge in [0.05, 0.1) is 92.9 Å². The Bertz CT molecular complexity index is 2720. The molecule has 8 N–H and O–H groups in total. The summed E-state index contributed by atoms with van der Waals surface area (Å²) in [6.07, 6.45) is 7.04. The molecule has 11 rings (SSSR count). The number of imide groups is 1. The van der Waals surface area contributed by atoms with Crippen molar-refractivity contribution in [1.29, 1.82) is 0 Å². The largest absolute Gasteiger partial charge is 0.391 e. The predicted molar refractivity (Wildman–Crippen MR) is 322 cm³/mol. The van der Waals surface area contributed by atoms with Crippen molar-refractivity contribution in [3.05, 3.63) is 72.4 Å². The third-order valence-electron chi connectivity index (χ3n) is 20.1. The molecular weight excluding hydrogens is 1150 g/mol. The Labute approximate surface area is 521 Å². The highest BCUT2D eigenvalue weighted by atomic mass is 16.7. The molecule has 20 atom stereocenters. The van der Waals surface area contributed by atoms with Gasteiger partial charge in [0.2, 0.25) is 23.6 Å². The summed E-state index contributed by atoms with van der Waals surface area (Å²) < 4.78 is 47.0. The molecule has 23 heteroatoms. The third kappa shape index (κ3) is 17.2. The zero-order valence-electron chi connectivity index (χ0n) is 51.6. The number of carbonyl (C=O) groups excluding carboxylic acids is 7. The van der Waals surface area contributed by atoms with E-state index in [4.69, 9.17) is 33.2 Å². The summed E-state index contributed by atoms with van der Waals surface area (Å²) in [5.74, 6) is -4.39. The second-order valence-corrected chi connectivity index (χ2v) is 26.5. The van der Waals surface area contributed by atoms with Crippen LogP contribution in [0.5, 0.6) is 0 Å². The number of carbonyl (C=O) groups is 7. The van der Waals surface area contributed by atoms with Gasteiger partial charge in [-0.3, -0.25) is 43.8 Å². The number of amides is 6. The predicted octanol–water partition coefficient (Wildman–Crippen LogP) is 2.80. The van der Waals surface area contributed by atoms with Crippen molar-refractivity contribution in [2.45, 2.75) is 233 Å². The Morgan fingerprint density at radius 1 is 0.719 bits per heavy atom. The van der Waals surface area contributed by atoms with Crippen LogP contribution < -0.4 is 26.6 Å². The van der Waals surface area contributed by atoms with Crippen LogP contribution in [-0.2, 0) is 73.1 Å². The molecule has 9 aliphatic heterocycles. The van der Waals surface area contributed by atoms with Gasteiger partial charge in [0.25, 0.3) is 11.8 Å². The van der Waals surface area contributed by atoms with E-state index in [9.17, 15) is 48.9 Å². The quantitative estimate of drug-likeness (QED) is 0.0358. The first-order chi connectivity index (χ1) is 42.8. The second-order valence-electron chi connectivity index (χ2n) is 26.5. The van der Waals surface area contributed by atoms with E-state index in [0.717, 1.165) is 60.1 Å². The number of unbranched alkanes of at least 4 members (excludes halogenated alkanes) is 2. The molecule has 89 heavy (non-hydrogen) atoms. The van der Waals surface area contributed by atoms with Crippen molar-refractivity contribution in [3.63, 3.8) is 0 Å². The van der Waals surface area contributed by atoms with Gasteiger partial charge in [-0.25, -0.2) is 0 Å². The van der Waals surface area contributed by atoms with Crippen LogP contribution in [-0.4, -0.2) is 199 Å². The van der Waals surface area contributed by atoms with Crippen LogP contribution in [0.25, 0.3) is 0 Å². The van der Waals surface area contributed by atoms with Gasteiger partial charge in [0, 0.05) is 89.1 Å². The zero-order chi connectivity index (χ0) is 62.9. The molecule has 11 bridgehead atoms. The van der Waals surface area contributed by atoms with Crippen LogP contribution in [0.4, 0.5) is 0 Å². The molecule has 9 heterocycles. The number of hydrogen-bond acceptors (Lipinski definition) is 18. The number of benzene rings is 1. The van der Waals surface area contributed by atoms with E-state index in [1.165, 1.54) is 12.2 Å². The van der Waals surface area contributed by atoms with Crippen molar-refractivity contribution in [1.82, 2.24) is 31.5 Å². The molecule has 1 saturated carbocycles. The Morgan fingerprint density at radius 3 is 2.24 bits per heavy atom. The molecule has 1 aromatic rings. The lowest BCUT2D eigenvalue weighted by Crippen LogP contribution is -2.68. The molecule has 1 aliphatic carbocycles. The molecule has 0 radical (unpaired) electrons. The van der Waals surface area contributed by atoms with Crippen LogP contribution in [0.2, 0.25) is 0 Å². The first-order valence-corrected chi connectivity index (χ1v) is 32.6. The number of ketones is 1. The lowest BCUT2D eigenvalue weighted by atomic mass is 9.62. The van der Waals surface area contributed by atoms with E-state index in [-0.39, 0.29) is 117 Å². The maximum Gasteiger partial charge on any atom is 0.253 e. The topological polar surface area (TPSA) is 308 Å². The number of ether oxygens (including phenoxy) is 7. The molecule has 0 aromatic heterocycles. The van der Waals surface area contributed by atoms with Crippen LogP contribution in [0.1, 0.15) is 134 Å². The van der Waals surface area contributed by atoms with Gasteiger partial charge in [0.1, 0.15) is 24.2 Å². The lowest BCUT2D eigenvalue weighted by molar-refractivity contribution is -0.358. The first kappa shape index (κ1) is 66.6. The van der Waals surface area contributed by atoms with E-state index in [1.807, 2.05) is 6.07 Å². The van der Waals surface area contributed by atoms with E-state index in [2.05, 4.69) is 46.7 Å². The molecule has 0 spiro atoms. The Morgan fingerprint density at radius 2 is 1.45 bits per heavy atom. The second kappa shape index (κ2) is 30.4. The highest BCUT2D eigenvalue weighted by Crippen LogP contribution is 2.54. The molecule has 9 fully saturated rings. The fourth-order valence-electron chi connectivity index (χ4n) is 15.1. The number of nitrogens with zero attached hydrogens (tertiary/aromatic N) is 1. The summed E-state index contributed by atoms with van der Waals surface area (Å²) >= 11 is 0. The van der Waals surface area contributed by atoms with Gasteiger partial charge in [-0.05, 0) is 106 Å². The highest BCUT2D eigenvalue weighted by Gasteiger charge is 2.60. The Hall–Kier alpha value is -5.31. The number of Topliss-reactive ketones (excluding diaryl/α,β-unsaturated/α-hetero) is 1. The van der Waals surface area contributed by atoms with Gasteiger partial charge in [-0.2, -0.15) is 0 Å². The van der Waals surface area contributed by atoms with E-state index in [1.54, 1.807) is 31.4 Å². The molecule has 23 nitrogen and oxygen atoms in total. The fourth-order valence-corrected chi connectivity index (χ4v) is 15.1. The normalized spacial score (nSPS) is 35.5. The number of nitrogens with one attached hydrogen (secondary N) is 5. The number of methoxy groups -OCH3 is 1. The van der Waals surface area contributed by atoms with Crippen molar-refractivity contribution >= 4 is 41.2 Å². The van der Waals surface area contributed by atoms with E-state index >= 15 is 0 Å². The monoisotopic (exact) mass is 1240 g/mol. The van der Waals surface area contributed by atoms with Gasteiger partial charge < -0.3 is 69.7 Å².